The molecule has 2 nitrogen and oxygen atoms in total. The molecule has 0 aromatic heterocycles. The maximum Gasteiger partial charge on any atom is 0.221 e. The maximum absolute atomic E-state index is 10.9. The Kier molecular flexibility index (Phi) is 4.74. The Morgan fingerprint density at radius 1 is 1.38 bits per heavy atom. The first-order valence-electron chi connectivity index (χ1n) is 4.92. The summed E-state index contributed by atoms with van der Waals surface area (Å²) in [6.45, 7) is 10.0. The molecule has 0 bridgehead atoms. The Hall–Kier alpha value is -0.790. The fraction of sp³-hybridized carbons (Fsp3) is 0.727. The Balaban J connectivity index is 4.61. The monoisotopic (exact) mass is 183 g/mol. The highest BCUT2D eigenvalue weighted by Gasteiger charge is 2.21. The van der Waals surface area contributed by atoms with Gasteiger partial charge in [-0.25, -0.2) is 0 Å². The zero-order valence-electron chi connectivity index (χ0n) is 9.40. The van der Waals surface area contributed by atoms with Crippen molar-refractivity contribution in [3.63, 3.8) is 0 Å². The van der Waals surface area contributed by atoms with Crippen LogP contribution < -0.4 is 5.32 Å². The summed E-state index contributed by atoms with van der Waals surface area (Å²) >= 11 is 0. The average Bonchev–Trinajstić information content (AvgIpc) is 2.03. The second-order valence-electron chi connectivity index (χ2n) is 3.94. The number of allylic oxidation sites excluding steroid dienone is 2. The summed E-state index contributed by atoms with van der Waals surface area (Å²) < 4.78 is 0. The number of hydrogen-bond acceptors (Lipinski definition) is 1. The molecule has 76 valence electrons. The fourth-order valence-corrected chi connectivity index (χ4v) is 1.08. The zero-order valence-corrected chi connectivity index (χ0v) is 9.40. The van der Waals surface area contributed by atoms with Crippen LogP contribution in [0.3, 0.4) is 0 Å². The van der Waals surface area contributed by atoms with Gasteiger partial charge in [0.25, 0.3) is 0 Å². The third kappa shape index (κ3) is 4.11. The molecule has 0 unspecified atom stereocenters. The molecule has 0 aromatic rings. The van der Waals surface area contributed by atoms with E-state index in [9.17, 15) is 4.79 Å². The molecule has 13 heavy (non-hydrogen) atoms. The topological polar surface area (TPSA) is 29.1 Å². The highest BCUT2D eigenvalue weighted by molar-refractivity contribution is 5.75. The first-order chi connectivity index (χ1) is 5.94. The van der Waals surface area contributed by atoms with Crippen molar-refractivity contribution < 1.29 is 4.79 Å². The van der Waals surface area contributed by atoms with Crippen LogP contribution in [0, 0.1) is 5.41 Å². The highest BCUT2D eigenvalue weighted by atomic mass is 16.1. The summed E-state index contributed by atoms with van der Waals surface area (Å²) in [6.07, 6.45) is 4.07. The van der Waals surface area contributed by atoms with Crippen molar-refractivity contribution in [3.05, 3.63) is 11.8 Å². The summed E-state index contributed by atoms with van der Waals surface area (Å²) in [5, 5.41) is 2.89. The summed E-state index contributed by atoms with van der Waals surface area (Å²) in [5.41, 5.74) is 1.12. The van der Waals surface area contributed by atoms with Crippen LogP contribution >= 0.6 is 0 Å². The van der Waals surface area contributed by atoms with E-state index in [4.69, 9.17) is 0 Å². The molecular formula is C11H21NO. The van der Waals surface area contributed by atoms with Gasteiger partial charge in [0.2, 0.25) is 5.91 Å². The quantitative estimate of drug-likeness (QED) is 0.713. The van der Waals surface area contributed by atoms with E-state index in [1.54, 1.807) is 6.92 Å². The van der Waals surface area contributed by atoms with Crippen molar-refractivity contribution in [2.45, 2.75) is 47.5 Å². The largest absolute Gasteiger partial charge is 0.330 e. The second kappa shape index (κ2) is 5.05. The van der Waals surface area contributed by atoms with Gasteiger partial charge >= 0.3 is 0 Å². The number of carbonyl (C=O) groups excluding carboxylic acids is 1. The van der Waals surface area contributed by atoms with Crippen molar-refractivity contribution in [1.82, 2.24) is 5.32 Å². The molecule has 0 saturated carbocycles. The van der Waals surface area contributed by atoms with Crippen LogP contribution in [0.25, 0.3) is 0 Å². The van der Waals surface area contributed by atoms with E-state index in [2.05, 4.69) is 39.1 Å². The van der Waals surface area contributed by atoms with Crippen LogP contribution in [0.2, 0.25) is 0 Å². The summed E-state index contributed by atoms with van der Waals surface area (Å²) in [6, 6.07) is 0. The standard InChI is InChI=1S/C11H21NO/c1-6-8-10(12-9(3)13)11(4,5)7-2/h8H,6-7H2,1-5H3,(H,12,13)/b10-8+. The lowest BCUT2D eigenvalue weighted by molar-refractivity contribution is -0.118. The third-order valence-electron chi connectivity index (χ3n) is 2.33. The lowest BCUT2D eigenvalue weighted by Crippen LogP contribution is -2.29. The molecule has 0 spiro atoms. The Morgan fingerprint density at radius 3 is 2.23 bits per heavy atom. The van der Waals surface area contributed by atoms with Crippen molar-refractivity contribution in [2.75, 3.05) is 0 Å². The van der Waals surface area contributed by atoms with Gasteiger partial charge in [0.05, 0.1) is 0 Å². The number of amides is 1. The SMILES string of the molecule is CC/C=C(/NC(C)=O)C(C)(C)CC. The lowest BCUT2D eigenvalue weighted by atomic mass is 9.85. The zero-order chi connectivity index (χ0) is 10.5. The number of nitrogens with one attached hydrogen (secondary N) is 1. The Labute approximate surface area is 81.4 Å². The van der Waals surface area contributed by atoms with Gasteiger partial charge in [-0.1, -0.05) is 33.8 Å². The molecule has 0 rings (SSSR count). The highest BCUT2D eigenvalue weighted by Crippen LogP contribution is 2.28. The Morgan fingerprint density at radius 2 is 1.92 bits per heavy atom. The summed E-state index contributed by atoms with van der Waals surface area (Å²) in [5.74, 6) is 0.0150. The van der Waals surface area contributed by atoms with E-state index in [0.717, 1.165) is 18.5 Å². The van der Waals surface area contributed by atoms with Gasteiger partial charge < -0.3 is 5.32 Å². The molecule has 0 saturated heterocycles. The van der Waals surface area contributed by atoms with Crippen molar-refractivity contribution >= 4 is 5.91 Å². The molecule has 0 aliphatic carbocycles. The molecular weight excluding hydrogens is 162 g/mol. The first-order valence-corrected chi connectivity index (χ1v) is 4.92. The fourth-order valence-electron chi connectivity index (χ4n) is 1.08. The van der Waals surface area contributed by atoms with Gasteiger partial charge in [0.1, 0.15) is 0 Å². The van der Waals surface area contributed by atoms with Gasteiger partial charge in [-0.15, -0.1) is 0 Å². The van der Waals surface area contributed by atoms with Gasteiger partial charge in [-0.05, 0) is 12.8 Å². The van der Waals surface area contributed by atoms with Crippen LogP contribution in [0.4, 0.5) is 0 Å². The molecule has 2 heteroatoms. The second-order valence-corrected chi connectivity index (χ2v) is 3.94. The van der Waals surface area contributed by atoms with Crippen LogP contribution in [-0.4, -0.2) is 5.91 Å². The minimum absolute atomic E-state index is 0.0150. The van der Waals surface area contributed by atoms with Gasteiger partial charge in [0.15, 0.2) is 0 Å². The van der Waals surface area contributed by atoms with Crippen LogP contribution in [-0.2, 0) is 4.79 Å². The smallest absolute Gasteiger partial charge is 0.221 e. The summed E-state index contributed by atoms with van der Waals surface area (Å²) in [4.78, 5) is 10.9. The predicted molar refractivity (Wildman–Crippen MR) is 56.3 cm³/mol. The van der Waals surface area contributed by atoms with Crippen LogP contribution in [0.15, 0.2) is 11.8 Å². The molecule has 0 aliphatic heterocycles. The summed E-state index contributed by atoms with van der Waals surface area (Å²) in [7, 11) is 0. The molecule has 0 atom stereocenters. The molecule has 0 aromatic carbocycles. The minimum atomic E-state index is 0.0150. The number of carbonyl (C=O) groups is 1. The molecule has 0 fully saturated rings. The van der Waals surface area contributed by atoms with E-state index in [-0.39, 0.29) is 11.3 Å². The van der Waals surface area contributed by atoms with Crippen LogP contribution in [0.5, 0.6) is 0 Å². The maximum atomic E-state index is 10.9. The number of hydrogen-bond donors (Lipinski definition) is 1. The minimum Gasteiger partial charge on any atom is -0.330 e. The molecule has 1 amide bonds. The van der Waals surface area contributed by atoms with E-state index >= 15 is 0 Å². The van der Waals surface area contributed by atoms with Crippen molar-refractivity contribution in [1.29, 1.82) is 0 Å². The average molecular weight is 183 g/mol. The first kappa shape index (κ1) is 12.2. The van der Waals surface area contributed by atoms with Gasteiger partial charge in [-0.2, -0.15) is 0 Å². The molecule has 0 radical (unpaired) electrons. The van der Waals surface area contributed by atoms with E-state index in [1.165, 1.54) is 0 Å². The Bertz CT molecular complexity index is 204. The van der Waals surface area contributed by atoms with Crippen molar-refractivity contribution in [2.24, 2.45) is 5.41 Å². The predicted octanol–water partition coefficient (Wildman–Crippen LogP) is 2.85. The molecule has 1 N–H and O–H groups in total. The van der Waals surface area contributed by atoms with Gasteiger partial charge in [0, 0.05) is 18.0 Å². The van der Waals surface area contributed by atoms with E-state index in [0.29, 0.717) is 0 Å². The molecule has 0 aliphatic rings. The van der Waals surface area contributed by atoms with Gasteiger partial charge in [-0.3, -0.25) is 4.79 Å². The van der Waals surface area contributed by atoms with E-state index < -0.39 is 0 Å². The third-order valence-corrected chi connectivity index (χ3v) is 2.33. The normalized spacial score (nSPS) is 12.8. The van der Waals surface area contributed by atoms with Crippen molar-refractivity contribution in [3.8, 4) is 0 Å². The molecule has 0 heterocycles. The lowest BCUT2D eigenvalue weighted by Gasteiger charge is -2.26. The van der Waals surface area contributed by atoms with Crippen LogP contribution in [0.1, 0.15) is 47.5 Å². The van der Waals surface area contributed by atoms with E-state index in [1.807, 2.05) is 0 Å². The number of rotatable bonds is 4.